The molecule has 0 atom stereocenters. The molecule has 0 spiro atoms. The van der Waals surface area contributed by atoms with Crippen molar-refractivity contribution in [2.45, 2.75) is 13.5 Å². The van der Waals surface area contributed by atoms with Crippen molar-refractivity contribution in [3.63, 3.8) is 0 Å². The van der Waals surface area contributed by atoms with E-state index in [4.69, 9.17) is 14.2 Å². The van der Waals surface area contributed by atoms with Gasteiger partial charge in [-0.1, -0.05) is 36.4 Å². The fraction of sp³-hybridized carbons (Fsp3) is 0.320. The number of benzene rings is 2. The third-order valence-electron chi connectivity index (χ3n) is 5.33. The van der Waals surface area contributed by atoms with E-state index in [1.54, 1.807) is 29.2 Å². The van der Waals surface area contributed by atoms with Crippen LogP contribution < -0.4 is 9.47 Å². The first kappa shape index (κ1) is 23.8. The number of thioether (sulfide) groups is 1. The normalized spacial score (nSPS) is 17.4. The van der Waals surface area contributed by atoms with E-state index < -0.39 is 11.1 Å². The van der Waals surface area contributed by atoms with Gasteiger partial charge in [0.1, 0.15) is 13.2 Å². The first-order valence-corrected chi connectivity index (χ1v) is 11.9. The van der Waals surface area contributed by atoms with Crippen LogP contribution in [-0.2, 0) is 20.9 Å². The van der Waals surface area contributed by atoms with Crippen molar-refractivity contribution in [3.8, 4) is 11.5 Å². The summed E-state index contributed by atoms with van der Waals surface area (Å²) in [5.41, 5.74) is 1.73. The second kappa shape index (κ2) is 11.2. The maximum absolute atomic E-state index is 12.8. The Kier molecular flexibility index (Phi) is 7.87. The van der Waals surface area contributed by atoms with Crippen molar-refractivity contribution in [1.82, 2.24) is 9.80 Å². The van der Waals surface area contributed by atoms with Gasteiger partial charge < -0.3 is 19.1 Å². The maximum atomic E-state index is 12.8. The number of carbonyl (C=O) groups excluding carboxylic acids is 3. The van der Waals surface area contributed by atoms with Crippen LogP contribution in [0, 0.1) is 0 Å². The fourth-order valence-electron chi connectivity index (χ4n) is 3.57. The van der Waals surface area contributed by atoms with E-state index in [-0.39, 0.29) is 17.4 Å². The van der Waals surface area contributed by atoms with Gasteiger partial charge >= 0.3 is 0 Å². The molecule has 0 radical (unpaired) electrons. The highest BCUT2D eigenvalue weighted by Gasteiger charge is 2.37. The summed E-state index contributed by atoms with van der Waals surface area (Å²) in [6.07, 6.45) is 1.63. The number of carbonyl (C=O) groups is 3. The molecule has 4 rings (SSSR count). The van der Waals surface area contributed by atoms with Crippen LogP contribution in [0.25, 0.3) is 6.08 Å². The zero-order chi connectivity index (χ0) is 23.9. The molecule has 0 unspecified atom stereocenters. The fourth-order valence-corrected chi connectivity index (χ4v) is 4.41. The second-order valence-electron chi connectivity index (χ2n) is 7.67. The average molecular weight is 483 g/mol. The van der Waals surface area contributed by atoms with E-state index in [1.807, 2.05) is 37.3 Å². The smallest absolute Gasteiger partial charge is 0.294 e. The largest absolute Gasteiger partial charge is 0.490 e. The molecule has 2 fully saturated rings. The van der Waals surface area contributed by atoms with Crippen molar-refractivity contribution >= 4 is 34.9 Å². The summed E-state index contributed by atoms with van der Waals surface area (Å²) in [5.74, 6) is 0.408. The van der Waals surface area contributed by atoms with Crippen LogP contribution in [0.3, 0.4) is 0 Å². The summed E-state index contributed by atoms with van der Waals surface area (Å²) < 4.78 is 16.9. The number of rotatable bonds is 8. The van der Waals surface area contributed by atoms with Crippen molar-refractivity contribution < 1.29 is 28.6 Å². The predicted octanol–water partition coefficient (Wildman–Crippen LogP) is 3.56. The van der Waals surface area contributed by atoms with Crippen molar-refractivity contribution in [1.29, 1.82) is 0 Å². The van der Waals surface area contributed by atoms with Gasteiger partial charge in [-0.15, -0.1) is 0 Å². The lowest BCUT2D eigenvalue weighted by atomic mass is 10.1. The minimum absolute atomic E-state index is 0.259. The Labute approximate surface area is 202 Å². The van der Waals surface area contributed by atoms with E-state index in [1.165, 1.54) is 0 Å². The minimum Gasteiger partial charge on any atom is -0.490 e. The molecule has 9 heteroatoms. The van der Waals surface area contributed by atoms with Crippen molar-refractivity contribution in [2.24, 2.45) is 0 Å². The molecule has 34 heavy (non-hydrogen) atoms. The van der Waals surface area contributed by atoms with Crippen molar-refractivity contribution in [2.75, 3.05) is 39.5 Å². The molecule has 0 aromatic heterocycles. The lowest BCUT2D eigenvalue weighted by Gasteiger charge is -2.28. The van der Waals surface area contributed by atoms with E-state index in [0.717, 1.165) is 22.2 Å². The Morgan fingerprint density at radius 1 is 1.06 bits per heavy atom. The average Bonchev–Trinajstić information content (AvgIpc) is 3.12. The molecule has 2 aromatic rings. The molecule has 0 aliphatic carbocycles. The van der Waals surface area contributed by atoms with Gasteiger partial charge in [-0.05, 0) is 48.0 Å². The van der Waals surface area contributed by atoms with Gasteiger partial charge in [0.15, 0.2) is 11.5 Å². The first-order valence-electron chi connectivity index (χ1n) is 11.1. The number of hydrogen-bond acceptors (Lipinski definition) is 7. The quantitative estimate of drug-likeness (QED) is 0.532. The molecule has 2 saturated heterocycles. The Hall–Kier alpha value is -3.30. The van der Waals surface area contributed by atoms with Crippen molar-refractivity contribution in [3.05, 3.63) is 64.6 Å². The molecule has 2 heterocycles. The standard InChI is InChI=1S/C25H26N2O6S/c1-2-32-21-14-19(8-9-20(21)33-17-18-6-4-3-5-7-18)15-22-24(29)27(25(30)34-22)16-23(28)26-10-12-31-13-11-26/h3-9,14-15H,2,10-13,16-17H2,1H3/b22-15-. The SMILES string of the molecule is CCOc1cc(/C=C2\SC(=O)N(CC(=O)N3CCOCC3)C2=O)ccc1OCc1ccccc1. The summed E-state index contributed by atoms with van der Waals surface area (Å²) in [6, 6.07) is 15.2. The third kappa shape index (κ3) is 5.78. The van der Waals surface area contributed by atoms with E-state index in [2.05, 4.69) is 0 Å². The molecule has 0 saturated carbocycles. The van der Waals surface area contributed by atoms with Gasteiger partial charge in [0, 0.05) is 13.1 Å². The third-order valence-corrected chi connectivity index (χ3v) is 6.24. The Balaban J connectivity index is 1.45. The molecule has 2 aliphatic rings. The zero-order valence-electron chi connectivity index (χ0n) is 18.9. The van der Waals surface area contributed by atoms with Gasteiger partial charge in [-0.2, -0.15) is 0 Å². The molecule has 8 nitrogen and oxygen atoms in total. The monoisotopic (exact) mass is 482 g/mol. The van der Waals surface area contributed by atoms with Gasteiger partial charge in [0.2, 0.25) is 5.91 Å². The van der Waals surface area contributed by atoms with Gasteiger partial charge in [-0.25, -0.2) is 0 Å². The highest BCUT2D eigenvalue weighted by atomic mass is 32.2. The number of hydrogen-bond donors (Lipinski definition) is 0. The summed E-state index contributed by atoms with van der Waals surface area (Å²) >= 11 is 0.827. The molecular weight excluding hydrogens is 456 g/mol. The summed E-state index contributed by atoms with van der Waals surface area (Å²) in [6.45, 7) is 4.31. The number of amides is 3. The number of ether oxygens (including phenoxy) is 3. The van der Waals surface area contributed by atoms with Crippen LogP contribution in [0.15, 0.2) is 53.4 Å². The maximum Gasteiger partial charge on any atom is 0.294 e. The molecule has 0 N–H and O–H groups in total. The van der Waals surface area contributed by atoms with Gasteiger partial charge in [0.05, 0.1) is 24.7 Å². The van der Waals surface area contributed by atoms with Crippen LogP contribution in [0.2, 0.25) is 0 Å². The molecule has 3 amide bonds. The first-order chi connectivity index (χ1) is 16.5. The number of nitrogens with zero attached hydrogens (tertiary/aromatic N) is 2. The summed E-state index contributed by atoms with van der Waals surface area (Å²) in [4.78, 5) is 40.6. The van der Waals surface area contributed by atoms with Gasteiger partial charge in [0.25, 0.3) is 11.1 Å². The number of morpholine rings is 1. The Bertz CT molecular complexity index is 1080. The van der Waals surface area contributed by atoms with Crippen LogP contribution in [0.1, 0.15) is 18.1 Å². The molecule has 2 aromatic carbocycles. The topological polar surface area (TPSA) is 85.4 Å². The van der Waals surface area contributed by atoms with Crippen LogP contribution in [-0.4, -0.2) is 66.3 Å². The Morgan fingerprint density at radius 3 is 2.56 bits per heavy atom. The second-order valence-corrected chi connectivity index (χ2v) is 8.67. The predicted molar refractivity (Wildman–Crippen MR) is 128 cm³/mol. The molecular formula is C25H26N2O6S. The minimum atomic E-state index is -0.473. The van der Waals surface area contributed by atoms with Gasteiger partial charge in [-0.3, -0.25) is 19.3 Å². The highest BCUT2D eigenvalue weighted by Crippen LogP contribution is 2.35. The van der Waals surface area contributed by atoms with Crippen LogP contribution >= 0.6 is 11.8 Å². The molecule has 178 valence electrons. The van der Waals surface area contributed by atoms with Crippen LogP contribution in [0.4, 0.5) is 4.79 Å². The number of imide groups is 1. The lowest BCUT2D eigenvalue weighted by Crippen LogP contribution is -2.46. The van der Waals surface area contributed by atoms with E-state index in [9.17, 15) is 14.4 Å². The van der Waals surface area contributed by atoms with Crippen LogP contribution in [0.5, 0.6) is 11.5 Å². The summed E-state index contributed by atoms with van der Waals surface area (Å²) in [7, 11) is 0. The Morgan fingerprint density at radius 2 is 1.82 bits per heavy atom. The molecule has 2 aliphatic heterocycles. The summed E-state index contributed by atoms with van der Waals surface area (Å²) in [5, 5.41) is -0.453. The molecule has 0 bridgehead atoms. The van der Waals surface area contributed by atoms with E-state index >= 15 is 0 Å². The van der Waals surface area contributed by atoms with E-state index in [0.29, 0.717) is 56.6 Å². The zero-order valence-corrected chi connectivity index (χ0v) is 19.7. The highest BCUT2D eigenvalue weighted by molar-refractivity contribution is 8.18. The lowest BCUT2D eigenvalue weighted by molar-refractivity contribution is -0.139.